The Morgan fingerprint density at radius 3 is 2.17 bits per heavy atom. The number of carbonyl (C=O) groups is 2. The number of amides is 1. The van der Waals surface area contributed by atoms with Gasteiger partial charge in [0.2, 0.25) is 0 Å². The SMILES string of the molecule is COC(=O)C[C@H](O)C[C@H](O)C=Cc1c(-c2ccc(F)cc2)c(-c2ccccc2)c(C(=O)NCc2ccc(OC)c(OC)c2)n1C(C)C. The first-order valence-electron chi connectivity index (χ1n) is 15.3. The third kappa shape index (κ3) is 8.46. The zero-order chi connectivity index (χ0) is 34.1. The lowest BCUT2D eigenvalue weighted by Crippen LogP contribution is -2.27. The van der Waals surface area contributed by atoms with Crippen LogP contribution in [0.1, 0.15) is 54.5 Å². The van der Waals surface area contributed by atoms with Crippen molar-refractivity contribution < 1.29 is 38.4 Å². The minimum Gasteiger partial charge on any atom is -0.493 e. The molecule has 0 aliphatic heterocycles. The van der Waals surface area contributed by atoms with Crippen LogP contribution < -0.4 is 14.8 Å². The van der Waals surface area contributed by atoms with Crippen molar-refractivity contribution in [2.75, 3.05) is 21.3 Å². The van der Waals surface area contributed by atoms with E-state index >= 15 is 0 Å². The highest BCUT2D eigenvalue weighted by Gasteiger charge is 2.29. The van der Waals surface area contributed by atoms with Crippen LogP contribution >= 0.6 is 0 Å². The molecule has 4 aromatic rings. The van der Waals surface area contributed by atoms with Crippen LogP contribution in [0.25, 0.3) is 28.3 Å². The summed E-state index contributed by atoms with van der Waals surface area (Å²) in [5.41, 5.74) is 4.52. The number of rotatable bonds is 14. The van der Waals surface area contributed by atoms with Gasteiger partial charge in [0.15, 0.2) is 11.5 Å². The molecule has 0 spiro atoms. The van der Waals surface area contributed by atoms with Crippen LogP contribution in [0, 0.1) is 5.82 Å². The molecule has 1 amide bonds. The second-order valence-corrected chi connectivity index (χ2v) is 11.3. The number of aliphatic hydroxyl groups excluding tert-OH is 2. The van der Waals surface area contributed by atoms with Gasteiger partial charge in [0, 0.05) is 35.8 Å². The third-order valence-electron chi connectivity index (χ3n) is 7.69. The number of methoxy groups -OCH3 is 3. The highest BCUT2D eigenvalue weighted by molar-refractivity contribution is 6.06. The first-order chi connectivity index (χ1) is 22.6. The molecule has 3 aromatic carbocycles. The van der Waals surface area contributed by atoms with E-state index in [1.807, 2.05) is 54.8 Å². The van der Waals surface area contributed by atoms with Gasteiger partial charge in [0.05, 0.1) is 40.0 Å². The molecule has 47 heavy (non-hydrogen) atoms. The van der Waals surface area contributed by atoms with Crippen molar-refractivity contribution in [2.24, 2.45) is 0 Å². The lowest BCUT2D eigenvalue weighted by Gasteiger charge is -2.18. The number of nitrogens with zero attached hydrogens (tertiary/aromatic N) is 1. The van der Waals surface area contributed by atoms with Crippen LogP contribution in [-0.4, -0.2) is 60.2 Å². The van der Waals surface area contributed by atoms with Gasteiger partial charge in [-0.2, -0.15) is 0 Å². The summed E-state index contributed by atoms with van der Waals surface area (Å²) in [4.78, 5) is 25.9. The number of nitrogens with one attached hydrogen (secondary N) is 1. The van der Waals surface area contributed by atoms with Gasteiger partial charge in [-0.25, -0.2) is 4.39 Å². The molecule has 0 saturated heterocycles. The Hall–Kier alpha value is -4.93. The lowest BCUT2D eigenvalue weighted by molar-refractivity contribution is -0.143. The number of ether oxygens (including phenoxy) is 3. The van der Waals surface area contributed by atoms with E-state index in [-0.39, 0.29) is 31.3 Å². The van der Waals surface area contributed by atoms with Crippen LogP contribution in [0.2, 0.25) is 0 Å². The molecule has 3 N–H and O–H groups in total. The number of aromatic nitrogens is 1. The molecular weight excluding hydrogens is 603 g/mol. The van der Waals surface area contributed by atoms with Crippen LogP contribution in [-0.2, 0) is 16.1 Å². The molecule has 10 heteroatoms. The Labute approximate surface area is 274 Å². The Kier molecular flexibility index (Phi) is 11.9. The maximum Gasteiger partial charge on any atom is 0.308 e. The largest absolute Gasteiger partial charge is 0.493 e. The summed E-state index contributed by atoms with van der Waals surface area (Å²) in [6.45, 7) is 4.09. The van der Waals surface area contributed by atoms with Gasteiger partial charge in [-0.05, 0) is 60.9 Å². The molecule has 248 valence electrons. The van der Waals surface area contributed by atoms with Gasteiger partial charge in [-0.15, -0.1) is 0 Å². The van der Waals surface area contributed by atoms with E-state index < -0.39 is 24.0 Å². The summed E-state index contributed by atoms with van der Waals surface area (Å²) in [7, 11) is 4.33. The van der Waals surface area contributed by atoms with Gasteiger partial charge < -0.3 is 34.3 Å². The summed E-state index contributed by atoms with van der Waals surface area (Å²) in [5.74, 6) is -0.223. The van der Waals surface area contributed by atoms with Crippen LogP contribution in [0.3, 0.4) is 0 Å². The maximum atomic E-state index is 14.3. The Morgan fingerprint density at radius 2 is 1.55 bits per heavy atom. The maximum absolute atomic E-state index is 14.3. The van der Waals surface area contributed by atoms with E-state index in [1.54, 1.807) is 44.6 Å². The summed E-state index contributed by atoms with van der Waals surface area (Å²) in [6.07, 6.45) is 0.618. The fraction of sp³-hybridized carbons (Fsp3) is 0.297. The van der Waals surface area contributed by atoms with Crippen molar-refractivity contribution in [1.29, 1.82) is 0 Å². The minimum absolute atomic E-state index is 0.107. The van der Waals surface area contributed by atoms with Crippen molar-refractivity contribution in [3.63, 3.8) is 0 Å². The highest BCUT2D eigenvalue weighted by Crippen LogP contribution is 2.42. The smallest absolute Gasteiger partial charge is 0.308 e. The summed E-state index contributed by atoms with van der Waals surface area (Å²) < 4.78 is 31.4. The van der Waals surface area contributed by atoms with Crippen LogP contribution in [0.15, 0.2) is 78.9 Å². The Balaban J connectivity index is 1.87. The first kappa shape index (κ1) is 34.9. The van der Waals surface area contributed by atoms with E-state index in [4.69, 9.17) is 9.47 Å². The Bertz CT molecular complexity index is 1700. The third-order valence-corrected chi connectivity index (χ3v) is 7.69. The predicted octanol–water partition coefficient (Wildman–Crippen LogP) is 6.18. The van der Waals surface area contributed by atoms with Crippen molar-refractivity contribution in [2.45, 2.75) is 51.5 Å². The van der Waals surface area contributed by atoms with E-state index in [0.29, 0.717) is 39.6 Å². The standard InChI is InChI=1S/C37H41FN2O7/c1-23(2)40-30(17-16-28(41)20-29(42)21-33(43)47-5)34(26-12-14-27(38)15-13-26)35(25-9-7-6-8-10-25)36(40)37(44)39-22-24-11-18-31(45-3)32(19-24)46-4/h6-19,23,28-29,41-42H,20-22H2,1-5H3,(H,39,44)/t28-,29-/m1/s1. The fourth-order valence-corrected chi connectivity index (χ4v) is 5.50. The molecule has 1 heterocycles. The summed E-state index contributed by atoms with van der Waals surface area (Å²) in [5, 5.41) is 24.2. The normalized spacial score (nSPS) is 12.6. The molecule has 0 saturated carbocycles. The van der Waals surface area contributed by atoms with Crippen molar-refractivity contribution in [3.8, 4) is 33.8 Å². The van der Waals surface area contributed by atoms with Crippen molar-refractivity contribution >= 4 is 18.0 Å². The number of benzene rings is 3. The molecular formula is C37H41FN2O7. The molecule has 0 aliphatic rings. The van der Waals surface area contributed by atoms with E-state index in [9.17, 15) is 24.2 Å². The Morgan fingerprint density at radius 1 is 0.894 bits per heavy atom. The number of halogens is 1. The van der Waals surface area contributed by atoms with Gasteiger partial charge in [0.1, 0.15) is 11.5 Å². The second kappa shape index (κ2) is 16.1. The monoisotopic (exact) mass is 644 g/mol. The molecule has 4 rings (SSSR count). The van der Waals surface area contributed by atoms with E-state index in [0.717, 1.165) is 11.1 Å². The van der Waals surface area contributed by atoms with Crippen molar-refractivity contribution in [1.82, 2.24) is 9.88 Å². The number of aliphatic hydroxyl groups is 2. The summed E-state index contributed by atoms with van der Waals surface area (Å²) in [6, 6.07) is 20.7. The number of esters is 1. The van der Waals surface area contributed by atoms with Gasteiger partial charge in [-0.1, -0.05) is 54.6 Å². The molecule has 0 aliphatic carbocycles. The van der Waals surface area contributed by atoms with E-state index in [1.165, 1.54) is 25.3 Å². The predicted molar refractivity (Wildman–Crippen MR) is 179 cm³/mol. The molecule has 1 aromatic heterocycles. The molecule has 0 radical (unpaired) electrons. The number of hydrogen-bond acceptors (Lipinski definition) is 7. The molecule has 2 atom stereocenters. The minimum atomic E-state index is -1.12. The number of carbonyl (C=O) groups excluding carboxylic acids is 2. The summed E-state index contributed by atoms with van der Waals surface area (Å²) >= 11 is 0. The molecule has 0 bridgehead atoms. The second-order valence-electron chi connectivity index (χ2n) is 11.3. The van der Waals surface area contributed by atoms with Gasteiger partial charge in [-0.3, -0.25) is 9.59 Å². The van der Waals surface area contributed by atoms with Gasteiger partial charge >= 0.3 is 5.97 Å². The number of hydrogen-bond donors (Lipinski definition) is 3. The topological polar surface area (TPSA) is 119 Å². The van der Waals surface area contributed by atoms with Crippen LogP contribution in [0.5, 0.6) is 11.5 Å². The zero-order valence-corrected chi connectivity index (χ0v) is 27.2. The molecule has 9 nitrogen and oxygen atoms in total. The molecule has 0 fully saturated rings. The first-order valence-corrected chi connectivity index (χ1v) is 15.3. The fourth-order valence-electron chi connectivity index (χ4n) is 5.50. The quantitative estimate of drug-likeness (QED) is 0.140. The van der Waals surface area contributed by atoms with E-state index in [2.05, 4.69) is 10.1 Å². The van der Waals surface area contributed by atoms with Crippen molar-refractivity contribution in [3.05, 3.63) is 102 Å². The van der Waals surface area contributed by atoms with Gasteiger partial charge in [0.25, 0.3) is 5.91 Å². The molecule has 0 unspecified atom stereocenters. The lowest BCUT2D eigenvalue weighted by atomic mass is 9.94. The van der Waals surface area contributed by atoms with Crippen LogP contribution in [0.4, 0.5) is 4.39 Å². The highest BCUT2D eigenvalue weighted by atomic mass is 19.1. The zero-order valence-electron chi connectivity index (χ0n) is 27.2. The average Bonchev–Trinajstić information content (AvgIpc) is 3.42. The average molecular weight is 645 g/mol.